The fourth-order valence-corrected chi connectivity index (χ4v) is 2.21. The molecule has 1 heterocycles. The number of methoxy groups -OCH3 is 1. The molecular weight excluding hydrogens is 338 g/mol. The topological polar surface area (TPSA) is 95.1 Å². The van der Waals surface area contributed by atoms with E-state index in [4.69, 9.17) is 10.5 Å². The minimum absolute atomic E-state index is 0.0383. The minimum Gasteiger partial charge on any atom is -0.496 e. The zero-order valence-electron chi connectivity index (χ0n) is 11.5. The molecular formula is C13H16BrN5O2. The summed E-state index contributed by atoms with van der Waals surface area (Å²) >= 11 is 3.43. The lowest BCUT2D eigenvalue weighted by molar-refractivity contribution is -0.119. The van der Waals surface area contributed by atoms with Crippen molar-refractivity contribution >= 4 is 21.8 Å². The van der Waals surface area contributed by atoms with Gasteiger partial charge in [-0.2, -0.15) is 0 Å². The molecule has 2 rings (SSSR count). The molecule has 8 heteroatoms. The summed E-state index contributed by atoms with van der Waals surface area (Å²) in [5.41, 5.74) is 6.87. The Labute approximate surface area is 130 Å². The molecule has 1 amide bonds. The van der Waals surface area contributed by atoms with Crippen LogP contribution in [0.25, 0.3) is 0 Å². The summed E-state index contributed by atoms with van der Waals surface area (Å²) in [6.07, 6.45) is 1.77. The Kier molecular flexibility index (Phi) is 5.29. The van der Waals surface area contributed by atoms with Crippen LogP contribution in [0.1, 0.15) is 11.3 Å². The van der Waals surface area contributed by atoms with Gasteiger partial charge in [0.25, 0.3) is 0 Å². The fraction of sp³-hybridized carbons (Fsp3) is 0.308. The van der Waals surface area contributed by atoms with Crippen molar-refractivity contribution in [3.8, 4) is 5.75 Å². The van der Waals surface area contributed by atoms with Crippen molar-refractivity contribution in [3.05, 3.63) is 40.1 Å². The first-order valence-corrected chi connectivity index (χ1v) is 7.10. The second-order valence-electron chi connectivity index (χ2n) is 4.34. The molecule has 7 nitrogen and oxygen atoms in total. The van der Waals surface area contributed by atoms with E-state index in [1.54, 1.807) is 18.0 Å². The van der Waals surface area contributed by atoms with Gasteiger partial charge in [-0.25, -0.2) is 4.68 Å². The third-order valence-electron chi connectivity index (χ3n) is 2.81. The van der Waals surface area contributed by atoms with Crippen LogP contribution in [-0.2, 0) is 17.9 Å². The number of benzene rings is 1. The number of amides is 1. The summed E-state index contributed by atoms with van der Waals surface area (Å²) in [6.45, 7) is 0.801. The maximum atomic E-state index is 11.1. The molecule has 1 aromatic heterocycles. The number of halogens is 1. The molecule has 21 heavy (non-hydrogen) atoms. The highest BCUT2D eigenvalue weighted by Gasteiger charge is 2.07. The Morgan fingerprint density at radius 3 is 3.05 bits per heavy atom. The molecule has 0 aliphatic rings. The number of rotatable bonds is 6. The van der Waals surface area contributed by atoms with Gasteiger partial charge in [-0.1, -0.05) is 21.1 Å². The van der Waals surface area contributed by atoms with Crippen LogP contribution in [0.5, 0.6) is 5.75 Å². The monoisotopic (exact) mass is 353 g/mol. The summed E-state index contributed by atoms with van der Waals surface area (Å²) in [5.74, 6) is 0.560. The highest BCUT2D eigenvalue weighted by atomic mass is 79.9. The lowest BCUT2D eigenvalue weighted by Gasteiger charge is -2.08. The van der Waals surface area contributed by atoms with Crippen LogP contribution >= 0.6 is 15.9 Å². The molecule has 3 N–H and O–H groups in total. The molecule has 112 valence electrons. The molecule has 0 unspecified atom stereocenters. The summed E-state index contributed by atoms with van der Waals surface area (Å²) in [5, 5.41) is 10.7. The molecule has 0 fully saturated rings. The number of hydrogen-bond donors (Lipinski definition) is 2. The van der Waals surface area contributed by atoms with E-state index in [0.29, 0.717) is 18.8 Å². The van der Waals surface area contributed by atoms with Gasteiger partial charge < -0.3 is 15.8 Å². The minimum atomic E-state index is -0.224. The molecule has 0 saturated carbocycles. The fourth-order valence-electron chi connectivity index (χ4n) is 1.80. The number of carbonyl (C=O) groups is 1. The molecule has 0 aliphatic carbocycles. The first-order chi connectivity index (χ1) is 10.1. The van der Waals surface area contributed by atoms with Gasteiger partial charge in [0, 0.05) is 10.0 Å². The Balaban J connectivity index is 2.05. The van der Waals surface area contributed by atoms with Crippen molar-refractivity contribution in [1.29, 1.82) is 0 Å². The molecule has 2 aromatic rings. The highest BCUT2D eigenvalue weighted by molar-refractivity contribution is 9.10. The standard InChI is InChI=1S/C13H16BrN5O2/c1-21-12-3-2-10(14)4-9(12)7-19-8-11(17-18-19)6-16-13(20)5-15/h2-4,8H,5-7,15H2,1H3,(H,16,20). The van der Waals surface area contributed by atoms with Crippen LogP contribution in [0.2, 0.25) is 0 Å². The Morgan fingerprint density at radius 1 is 1.52 bits per heavy atom. The SMILES string of the molecule is COc1ccc(Br)cc1Cn1cc(CNC(=O)CN)nn1. The number of nitrogens with zero attached hydrogens (tertiary/aromatic N) is 3. The summed E-state index contributed by atoms with van der Waals surface area (Å²) in [6, 6.07) is 5.77. The van der Waals surface area contributed by atoms with E-state index in [2.05, 4.69) is 31.6 Å². The molecule has 0 bridgehead atoms. The number of nitrogens with two attached hydrogens (primary N) is 1. The largest absolute Gasteiger partial charge is 0.496 e. The second kappa shape index (κ2) is 7.19. The molecule has 0 aliphatic heterocycles. The molecule has 0 saturated heterocycles. The maximum absolute atomic E-state index is 11.1. The first kappa shape index (κ1) is 15.5. The molecule has 0 atom stereocenters. The smallest absolute Gasteiger partial charge is 0.234 e. The predicted octanol–water partition coefficient (Wildman–Crippen LogP) is 0.672. The number of hydrogen-bond acceptors (Lipinski definition) is 5. The average Bonchev–Trinajstić information content (AvgIpc) is 2.92. The van der Waals surface area contributed by atoms with E-state index in [-0.39, 0.29) is 12.5 Å². The van der Waals surface area contributed by atoms with Gasteiger partial charge in [0.2, 0.25) is 5.91 Å². The zero-order chi connectivity index (χ0) is 15.2. The quantitative estimate of drug-likeness (QED) is 0.795. The predicted molar refractivity (Wildman–Crippen MR) is 80.7 cm³/mol. The van der Waals surface area contributed by atoms with Crippen LogP contribution < -0.4 is 15.8 Å². The number of nitrogens with one attached hydrogen (secondary N) is 1. The summed E-state index contributed by atoms with van der Waals surface area (Å²) in [7, 11) is 1.63. The Morgan fingerprint density at radius 2 is 2.33 bits per heavy atom. The van der Waals surface area contributed by atoms with Gasteiger partial charge in [0.1, 0.15) is 11.4 Å². The van der Waals surface area contributed by atoms with E-state index in [1.165, 1.54) is 0 Å². The van der Waals surface area contributed by atoms with E-state index >= 15 is 0 Å². The lowest BCUT2D eigenvalue weighted by Crippen LogP contribution is -2.29. The first-order valence-electron chi connectivity index (χ1n) is 6.30. The number of aromatic nitrogens is 3. The third kappa shape index (κ3) is 4.27. The van der Waals surface area contributed by atoms with Crippen LogP contribution in [-0.4, -0.2) is 34.6 Å². The molecule has 0 spiro atoms. The third-order valence-corrected chi connectivity index (χ3v) is 3.31. The average molecular weight is 354 g/mol. The van der Waals surface area contributed by atoms with Crippen molar-refractivity contribution in [3.63, 3.8) is 0 Å². The van der Waals surface area contributed by atoms with Crippen LogP contribution in [0.3, 0.4) is 0 Å². The summed E-state index contributed by atoms with van der Waals surface area (Å²) < 4.78 is 7.97. The van der Waals surface area contributed by atoms with E-state index in [1.807, 2.05) is 18.2 Å². The van der Waals surface area contributed by atoms with Crippen molar-refractivity contribution in [2.75, 3.05) is 13.7 Å². The molecule has 0 radical (unpaired) electrons. The van der Waals surface area contributed by atoms with E-state index in [9.17, 15) is 4.79 Å². The van der Waals surface area contributed by atoms with Crippen molar-refractivity contribution in [2.45, 2.75) is 13.1 Å². The number of ether oxygens (including phenoxy) is 1. The normalized spacial score (nSPS) is 10.4. The van der Waals surface area contributed by atoms with Gasteiger partial charge in [0.05, 0.1) is 32.9 Å². The Hall–Kier alpha value is -1.93. The van der Waals surface area contributed by atoms with Gasteiger partial charge in [-0.05, 0) is 18.2 Å². The molecule has 1 aromatic carbocycles. The van der Waals surface area contributed by atoms with Crippen molar-refractivity contribution < 1.29 is 9.53 Å². The van der Waals surface area contributed by atoms with Crippen LogP contribution in [0, 0.1) is 0 Å². The second-order valence-corrected chi connectivity index (χ2v) is 5.26. The zero-order valence-corrected chi connectivity index (χ0v) is 13.1. The van der Waals surface area contributed by atoms with Gasteiger partial charge in [-0.3, -0.25) is 4.79 Å². The highest BCUT2D eigenvalue weighted by Crippen LogP contribution is 2.23. The van der Waals surface area contributed by atoms with Crippen LogP contribution in [0.15, 0.2) is 28.9 Å². The summed E-state index contributed by atoms with van der Waals surface area (Å²) in [4.78, 5) is 11.1. The lowest BCUT2D eigenvalue weighted by atomic mass is 10.2. The van der Waals surface area contributed by atoms with E-state index < -0.39 is 0 Å². The van der Waals surface area contributed by atoms with Gasteiger partial charge in [-0.15, -0.1) is 5.10 Å². The van der Waals surface area contributed by atoms with Gasteiger partial charge >= 0.3 is 0 Å². The van der Waals surface area contributed by atoms with Crippen LogP contribution in [0.4, 0.5) is 0 Å². The van der Waals surface area contributed by atoms with Gasteiger partial charge in [0.15, 0.2) is 0 Å². The maximum Gasteiger partial charge on any atom is 0.234 e. The van der Waals surface area contributed by atoms with Crippen molar-refractivity contribution in [1.82, 2.24) is 20.3 Å². The van der Waals surface area contributed by atoms with E-state index in [0.717, 1.165) is 15.8 Å². The van der Waals surface area contributed by atoms with Crippen molar-refractivity contribution in [2.24, 2.45) is 5.73 Å². The Bertz CT molecular complexity index is 629. The number of carbonyl (C=O) groups excluding carboxylic acids is 1.